The summed E-state index contributed by atoms with van der Waals surface area (Å²) in [6, 6.07) is 12.3. The minimum Gasteiger partial charge on any atom is -0.496 e. The van der Waals surface area contributed by atoms with Crippen molar-refractivity contribution in [1.82, 2.24) is 5.32 Å². The van der Waals surface area contributed by atoms with Crippen LogP contribution in [-0.2, 0) is 9.84 Å². The molecule has 1 saturated carbocycles. The summed E-state index contributed by atoms with van der Waals surface area (Å²) in [5.41, 5.74) is 2.12. The fraction of sp³-hybridized carbons (Fsp3) is 0.429. The van der Waals surface area contributed by atoms with Crippen LogP contribution in [-0.4, -0.2) is 27.8 Å². The summed E-state index contributed by atoms with van der Waals surface area (Å²) < 4.78 is 41.9. The zero-order valence-electron chi connectivity index (χ0n) is 15.9. The van der Waals surface area contributed by atoms with Gasteiger partial charge in [0.15, 0.2) is 9.84 Å². The molecule has 27 heavy (non-hydrogen) atoms. The van der Waals surface area contributed by atoms with E-state index >= 15 is 0 Å². The number of ether oxygens (including phenoxy) is 1. The Morgan fingerprint density at radius 3 is 2.48 bits per heavy atom. The molecule has 1 fully saturated rings. The lowest BCUT2D eigenvalue weighted by atomic mass is 9.97. The molecule has 4 nitrogen and oxygen atoms in total. The van der Waals surface area contributed by atoms with E-state index in [0.717, 1.165) is 24.8 Å². The zero-order valence-corrected chi connectivity index (χ0v) is 16.7. The van der Waals surface area contributed by atoms with Crippen molar-refractivity contribution in [3.63, 3.8) is 0 Å². The summed E-state index contributed by atoms with van der Waals surface area (Å²) in [7, 11) is -1.61. The lowest BCUT2D eigenvalue weighted by Crippen LogP contribution is -2.29. The monoisotopic (exact) mass is 391 g/mol. The molecule has 1 N–H and O–H groups in total. The van der Waals surface area contributed by atoms with Crippen LogP contribution in [0.15, 0.2) is 47.4 Å². The maximum atomic E-state index is 13.4. The predicted octanol–water partition coefficient (Wildman–Crippen LogP) is 4.22. The van der Waals surface area contributed by atoms with Gasteiger partial charge in [-0.1, -0.05) is 18.2 Å². The minimum atomic E-state index is -3.16. The number of hydrogen-bond acceptors (Lipinski definition) is 4. The van der Waals surface area contributed by atoms with Gasteiger partial charge in [-0.15, -0.1) is 0 Å². The Morgan fingerprint density at radius 2 is 1.85 bits per heavy atom. The van der Waals surface area contributed by atoms with Crippen molar-refractivity contribution in [2.75, 3.05) is 13.4 Å². The first kappa shape index (κ1) is 19.8. The van der Waals surface area contributed by atoms with Crippen LogP contribution in [0.2, 0.25) is 0 Å². The van der Waals surface area contributed by atoms with E-state index in [0.29, 0.717) is 22.6 Å². The third-order valence-electron chi connectivity index (χ3n) is 5.36. The molecule has 0 aromatic heterocycles. The first-order chi connectivity index (χ1) is 12.8. The van der Waals surface area contributed by atoms with Crippen LogP contribution in [0.1, 0.15) is 49.3 Å². The van der Waals surface area contributed by atoms with E-state index < -0.39 is 9.84 Å². The Labute approximate surface area is 160 Å². The zero-order chi connectivity index (χ0) is 19.6. The average molecular weight is 392 g/mol. The summed E-state index contributed by atoms with van der Waals surface area (Å²) in [6.45, 7) is 2.06. The number of rotatable bonds is 6. The van der Waals surface area contributed by atoms with Gasteiger partial charge in [0.05, 0.1) is 12.0 Å². The maximum absolute atomic E-state index is 13.4. The van der Waals surface area contributed by atoms with Gasteiger partial charge in [0.2, 0.25) is 0 Å². The number of hydrogen-bond donors (Lipinski definition) is 1. The quantitative estimate of drug-likeness (QED) is 0.801. The molecular weight excluding hydrogens is 365 g/mol. The highest BCUT2D eigenvalue weighted by molar-refractivity contribution is 7.90. The largest absolute Gasteiger partial charge is 0.496 e. The summed E-state index contributed by atoms with van der Waals surface area (Å²) in [5.74, 6) is 0.667. The van der Waals surface area contributed by atoms with Crippen molar-refractivity contribution in [1.29, 1.82) is 0 Å². The van der Waals surface area contributed by atoms with Gasteiger partial charge in [0.25, 0.3) is 0 Å². The minimum absolute atomic E-state index is 0.0527. The van der Waals surface area contributed by atoms with E-state index in [1.165, 1.54) is 24.0 Å². The first-order valence-electron chi connectivity index (χ1n) is 9.17. The Bertz CT molecular complexity index is 896. The molecule has 6 heteroatoms. The number of halogens is 1. The Hall–Kier alpha value is -1.92. The summed E-state index contributed by atoms with van der Waals surface area (Å²) in [6.07, 6.45) is 4.32. The highest BCUT2D eigenvalue weighted by Gasteiger charge is 2.27. The fourth-order valence-corrected chi connectivity index (χ4v) is 4.54. The molecule has 146 valence electrons. The molecule has 1 aliphatic carbocycles. The van der Waals surface area contributed by atoms with E-state index in [1.807, 2.05) is 12.1 Å². The highest BCUT2D eigenvalue weighted by Crippen LogP contribution is 2.36. The summed E-state index contributed by atoms with van der Waals surface area (Å²) in [4.78, 5) is 0.357. The van der Waals surface area contributed by atoms with Crippen molar-refractivity contribution >= 4 is 9.84 Å². The van der Waals surface area contributed by atoms with E-state index in [2.05, 4.69) is 12.2 Å². The van der Waals surface area contributed by atoms with Crippen LogP contribution < -0.4 is 10.1 Å². The third-order valence-corrected chi connectivity index (χ3v) is 6.49. The van der Waals surface area contributed by atoms with Crippen molar-refractivity contribution in [3.8, 4) is 5.75 Å². The SMILES string of the molecule is COc1cc(F)ccc1C(C)NC1CCC(c2ccc(S(C)(=O)=O)cc2)C1. The van der Waals surface area contributed by atoms with Gasteiger partial charge >= 0.3 is 0 Å². The van der Waals surface area contributed by atoms with Gasteiger partial charge in [-0.25, -0.2) is 12.8 Å². The number of benzene rings is 2. The predicted molar refractivity (Wildman–Crippen MR) is 104 cm³/mol. The topological polar surface area (TPSA) is 55.4 Å². The van der Waals surface area contributed by atoms with Crippen molar-refractivity contribution in [2.24, 2.45) is 0 Å². The van der Waals surface area contributed by atoms with Crippen LogP contribution in [0.3, 0.4) is 0 Å². The average Bonchev–Trinajstić information content (AvgIpc) is 3.09. The van der Waals surface area contributed by atoms with Gasteiger partial charge in [-0.2, -0.15) is 0 Å². The van der Waals surface area contributed by atoms with Crippen LogP contribution in [0, 0.1) is 5.82 Å². The van der Waals surface area contributed by atoms with E-state index in [9.17, 15) is 12.8 Å². The van der Waals surface area contributed by atoms with Crippen LogP contribution >= 0.6 is 0 Å². The standard InChI is InChI=1S/C21H26FNO3S/c1-14(20-11-7-17(22)13-21(20)26-2)23-18-8-4-16(12-18)15-5-9-19(10-6-15)27(3,24)25/h5-7,9-11,13-14,16,18,23H,4,8,12H2,1-3H3. The summed E-state index contributed by atoms with van der Waals surface area (Å²) >= 11 is 0. The molecular formula is C21H26FNO3S. The van der Waals surface area contributed by atoms with Gasteiger partial charge in [-0.3, -0.25) is 0 Å². The van der Waals surface area contributed by atoms with E-state index in [-0.39, 0.29) is 11.9 Å². The molecule has 0 aliphatic heterocycles. The maximum Gasteiger partial charge on any atom is 0.175 e. The van der Waals surface area contributed by atoms with Crippen molar-refractivity contribution < 1.29 is 17.5 Å². The first-order valence-corrected chi connectivity index (χ1v) is 11.1. The molecule has 2 aromatic rings. The molecule has 0 spiro atoms. The summed E-state index contributed by atoms with van der Waals surface area (Å²) in [5, 5.41) is 3.63. The molecule has 3 atom stereocenters. The second-order valence-electron chi connectivity index (χ2n) is 7.32. The van der Waals surface area contributed by atoms with Crippen molar-refractivity contribution in [2.45, 2.75) is 49.1 Å². The number of nitrogens with one attached hydrogen (secondary N) is 1. The Kier molecular flexibility index (Phi) is 5.86. The van der Waals surface area contributed by atoms with Gasteiger partial charge in [0, 0.05) is 30.0 Å². The second kappa shape index (κ2) is 7.98. The molecule has 0 bridgehead atoms. The molecule has 0 amide bonds. The third kappa shape index (κ3) is 4.68. The normalized spacial score (nSPS) is 21.2. The molecule has 3 rings (SSSR count). The second-order valence-corrected chi connectivity index (χ2v) is 9.34. The lowest BCUT2D eigenvalue weighted by molar-refractivity contribution is 0.389. The molecule has 1 aliphatic rings. The molecule has 0 heterocycles. The fourth-order valence-electron chi connectivity index (χ4n) is 3.91. The molecule has 0 radical (unpaired) electrons. The Morgan fingerprint density at radius 1 is 1.15 bits per heavy atom. The van der Waals surface area contributed by atoms with Crippen LogP contribution in [0.5, 0.6) is 5.75 Å². The molecule has 0 saturated heterocycles. The van der Waals surface area contributed by atoms with Gasteiger partial charge in [-0.05, 0) is 55.9 Å². The lowest BCUT2D eigenvalue weighted by Gasteiger charge is -2.22. The molecule has 2 aromatic carbocycles. The van der Waals surface area contributed by atoms with Crippen molar-refractivity contribution in [3.05, 3.63) is 59.4 Å². The van der Waals surface area contributed by atoms with Crippen LogP contribution in [0.25, 0.3) is 0 Å². The number of methoxy groups -OCH3 is 1. The smallest absolute Gasteiger partial charge is 0.175 e. The van der Waals surface area contributed by atoms with E-state index in [1.54, 1.807) is 25.3 Å². The molecule has 3 unspecified atom stereocenters. The van der Waals surface area contributed by atoms with Crippen LogP contribution in [0.4, 0.5) is 4.39 Å². The van der Waals surface area contributed by atoms with Gasteiger partial charge < -0.3 is 10.1 Å². The number of sulfone groups is 1. The van der Waals surface area contributed by atoms with E-state index in [4.69, 9.17) is 4.74 Å². The highest BCUT2D eigenvalue weighted by atomic mass is 32.2. The van der Waals surface area contributed by atoms with Gasteiger partial charge in [0.1, 0.15) is 11.6 Å². The Balaban J connectivity index is 1.64.